The highest BCUT2D eigenvalue weighted by Gasteiger charge is 2.13. The van der Waals surface area contributed by atoms with Gasteiger partial charge in [0.15, 0.2) is 0 Å². The Morgan fingerprint density at radius 2 is 2.27 bits per heavy atom. The monoisotopic (exact) mass is 330 g/mol. The zero-order chi connectivity index (χ0) is 15.1. The number of benzene rings is 1. The maximum atomic E-state index is 12.2. The van der Waals surface area contributed by atoms with E-state index in [1.165, 1.54) is 22.7 Å². The first-order valence-electron chi connectivity index (χ1n) is 6.49. The van der Waals surface area contributed by atoms with Crippen molar-refractivity contribution >= 4 is 32.9 Å². The molecule has 22 heavy (non-hydrogen) atoms. The molecular formula is C13H10N6OS2. The van der Waals surface area contributed by atoms with Crippen LogP contribution in [0, 0.1) is 6.92 Å². The highest BCUT2D eigenvalue weighted by Crippen LogP contribution is 2.23. The van der Waals surface area contributed by atoms with E-state index in [1.807, 2.05) is 30.5 Å². The first-order chi connectivity index (χ1) is 10.7. The molecular weight excluding hydrogens is 320 g/mol. The fraction of sp³-hybridized carbons (Fsp3) is 0.154. The maximum absolute atomic E-state index is 12.2. The number of hydrogen-bond donors (Lipinski definition) is 1. The van der Waals surface area contributed by atoms with Crippen LogP contribution in [0.25, 0.3) is 21.7 Å². The van der Waals surface area contributed by atoms with Gasteiger partial charge >= 0.3 is 4.87 Å². The van der Waals surface area contributed by atoms with Crippen LogP contribution in [0.2, 0.25) is 0 Å². The van der Waals surface area contributed by atoms with Gasteiger partial charge in [0.25, 0.3) is 0 Å². The summed E-state index contributed by atoms with van der Waals surface area (Å²) >= 11 is 2.75. The number of hydrogen-bond acceptors (Lipinski definition) is 7. The zero-order valence-corrected chi connectivity index (χ0v) is 13.1. The minimum absolute atomic E-state index is 0.0283. The van der Waals surface area contributed by atoms with Gasteiger partial charge in [-0.2, -0.15) is 5.21 Å². The fourth-order valence-electron chi connectivity index (χ4n) is 2.26. The third-order valence-electron chi connectivity index (χ3n) is 3.31. The molecule has 0 fully saturated rings. The van der Waals surface area contributed by atoms with Crippen molar-refractivity contribution in [3.63, 3.8) is 0 Å². The van der Waals surface area contributed by atoms with Gasteiger partial charge in [-0.1, -0.05) is 23.5 Å². The molecule has 0 aliphatic rings. The Morgan fingerprint density at radius 3 is 3.09 bits per heavy atom. The van der Waals surface area contributed by atoms with Crippen LogP contribution in [0.5, 0.6) is 0 Å². The largest absolute Gasteiger partial charge is 0.308 e. The summed E-state index contributed by atoms with van der Waals surface area (Å²) in [7, 11) is 0. The lowest BCUT2D eigenvalue weighted by atomic mass is 10.2. The van der Waals surface area contributed by atoms with Crippen LogP contribution >= 0.6 is 22.7 Å². The van der Waals surface area contributed by atoms with E-state index < -0.39 is 0 Å². The molecule has 0 amide bonds. The Labute approximate surface area is 132 Å². The predicted molar refractivity (Wildman–Crippen MR) is 85.2 cm³/mol. The van der Waals surface area contributed by atoms with Crippen LogP contribution in [-0.4, -0.2) is 30.2 Å². The lowest BCUT2D eigenvalue weighted by molar-refractivity contribution is 0.808. The van der Waals surface area contributed by atoms with Gasteiger partial charge in [-0.25, -0.2) is 4.98 Å². The molecule has 9 heteroatoms. The summed E-state index contributed by atoms with van der Waals surface area (Å²) in [5.74, 6) is 0.459. The number of aryl methyl sites for hydroxylation is 1. The number of aromatic nitrogens is 6. The average Bonchev–Trinajstić information content (AvgIpc) is 3.22. The molecule has 0 aliphatic heterocycles. The molecule has 0 radical (unpaired) electrons. The molecule has 0 spiro atoms. The second-order valence-corrected chi connectivity index (χ2v) is 6.64. The molecule has 3 aromatic heterocycles. The number of nitrogens with one attached hydrogen (secondary N) is 1. The van der Waals surface area contributed by atoms with Crippen molar-refractivity contribution in [3.8, 4) is 11.5 Å². The SMILES string of the molecule is Cc1cccc2c1sc(=O)n2Cc1nc(-c2nn[nH]n2)cs1. The highest BCUT2D eigenvalue weighted by atomic mass is 32.1. The van der Waals surface area contributed by atoms with Crippen molar-refractivity contribution in [2.75, 3.05) is 0 Å². The van der Waals surface area contributed by atoms with Crippen LogP contribution in [0.3, 0.4) is 0 Å². The third-order valence-corrected chi connectivity index (χ3v) is 5.28. The van der Waals surface area contributed by atoms with E-state index in [0.717, 1.165) is 20.8 Å². The van der Waals surface area contributed by atoms with Crippen molar-refractivity contribution in [2.45, 2.75) is 13.5 Å². The van der Waals surface area contributed by atoms with Gasteiger partial charge in [0.05, 0.1) is 16.8 Å². The molecule has 4 aromatic rings. The van der Waals surface area contributed by atoms with E-state index in [-0.39, 0.29) is 4.87 Å². The highest BCUT2D eigenvalue weighted by molar-refractivity contribution is 7.16. The first-order valence-corrected chi connectivity index (χ1v) is 8.19. The number of H-pyrrole nitrogens is 1. The molecule has 0 saturated heterocycles. The van der Waals surface area contributed by atoms with Crippen molar-refractivity contribution < 1.29 is 0 Å². The standard InChI is InChI=1S/C13H10N6OS2/c1-7-3-2-4-9-11(7)22-13(20)19(9)5-10-14-8(6-21-10)12-15-17-18-16-12/h2-4,6H,5H2,1H3,(H,15,16,17,18). The van der Waals surface area contributed by atoms with Gasteiger partial charge in [0.2, 0.25) is 5.82 Å². The Morgan fingerprint density at radius 1 is 1.36 bits per heavy atom. The molecule has 0 atom stereocenters. The second kappa shape index (κ2) is 5.11. The van der Waals surface area contributed by atoms with Gasteiger partial charge in [-0.15, -0.1) is 21.5 Å². The number of rotatable bonds is 3. The van der Waals surface area contributed by atoms with Gasteiger partial charge < -0.3 is 0 Å². The minimum atomic E-state index is 0.0283. The fourth-order valence-corrected chi connectivity index (χ4v) is 3.98. The summed E-state index contributed by atoms with van der Waals surface area (Å²) < 4.78 is 2.79. The first kappa shape index (κ1) is 13.3. The zero-order valence-electron chi connectivity index (χ0n) is 11.5. The van der Waals surface area contributed by atoms with E-state index in [4.69, 9.17) is 0 Å². The molecule has 0 bridgehead atoms. The van der Waals surface area contributed by atoms with Crippen LogP contribution in [-0.2, 0) is 6.54 Å². The van der Waals surface area contributed by atoms with E-state index in [2.05, 4.69) is 25.6 Å². The van der Waals surface area contributed by atoms with E-state index in [1.54, 1.807) is 4.57 Å². The molecule has 110 valence electrons. The molecule has 1 N–H and O–H groups in total. The van der Waals surface area contributed by atoms with Crippen LogP contribution in [0.1, 0.15) is 10.6 Å². The quantitative estimate of drug-likeness (QED) is 0.621. The molecule has 0 unspecified atom stereocenters. The normalized spacial score (nSPS) is 11.3. The number of thiazole rings is 2. The summed E-state index contributed by atoms with van der Waals surface area (Å²) in [5, 5.41) is 16.4. The Bertz CT molecular complexity index is 997. The summed E-state index contributed by atoms with van der Waals surface area (Å²) in [5.41, 5.74) is 2.73. The van der Waals surface area contributed by atoms with Crippen LogP contribution < -0.4 is 4.87 Å². The number of aromatic amines is 1. The Hall–Kier alpha value is -2.39. The smallest absolute Gasteiger partial charge is 0.292 e. The van der Waals surface area contributed by atoms with Crippen molar-refractivity contribution in [2.24, 2.45) is 0 Å². The number of nitrogens with zero attached hydrogens (tertiary/aromatic N) is 5. The van der Waals surface area contributed by atoms with Crippen LogP contribution in [0.15, 0.2) is 28.4 Å². The lowest BCUT2D eigenvalue weighted by Gasteiger charge is -2.01. The average molecular weight is 330 g/mol. The van der Waals surface area contributed by atoms with E-state index in [9.17, 15) is 4.79 Å². The van der Waals surface area contributed by atoms with Gasteiger partial charge in [-0.3, -0.25) is 9.36 Å². The molecule has 7 nitrogen and oxygen atoms in total. The van der Waals surface area contributed by atoms with Crippen molar-refractivity contribution in [1.82, 2.24) is 30.2 Å². The van der Waals surface area contributed by atoms with Gasteiger partial charge in [-0.05, 0) is 23.8 Å². The number of tetrazole rings is 1. The summed E-state index contributed by atoms with van der Waals surface area (Å²) in [6.07, 6.45) is 0. The minimum Gasteiger partial charge on any atom is -0.292 e. The van der Waals surface area contributed by atoms with Gasteiger partial charge in [0, 0.05) is 5.38 Å². The topological polar surface area (TPSA) is 89.4 Å². The predicted octanol–water partition coefficient (Wildman–Crippen LogP) is 2.06. The summed E-state index contributed by atoms with van der Waals surface area (Å²) in [6.45, 7) is 2.46. The molecule has 0 aliphatic carbocycles. The lowest BCUT2D eigenvalue weighted by Crippen LogP contribution is -2.13. The molecule has 0 saturated carbocycles. The Balaban J connectivity index is 1.74. The van der Waals surface area contributed by atoms with Crippen molar-refractivity contribution in [3.05, 3.63) is 43.8 Å². The van der Waals surface area contributed by atoms with Gasteiger partial charge in [0.1, 0.15) is 10.7 Å². The molecule has 4 rings (SSSR count). The van der Waals surface area contributed by atoms with Crippen molar-refractivity contribution in [1.29, 1.82) is 0 Å². The van der Waals surface area contributed by atoms with E-state index in [0.29, 0.717) is 18.1 Å². The number of fused-ring (bicyclic) bond motifs is 1. The van der Waals surface area contributed by atoms with Crippen LogP contribution in [0.4, 0.5) is 0 Å². The third kappa shape index (κ3) is 2.14. The Kier molecular flexibility index (Phi) is 3.09. The maximum Gasteiger partial charge on any atom is 0.308 e. The second-order valence-electron chi connectivity index (χ2n) is 4.74. The molecule has 3 heterocycles. The summed E-state index contributed by atoms with van der Waals surface area (Å²) in [4.78, 5) is 16.8. The molecule has 1 aromatic carbocycles. The summed E-state index contributed by atoms with van der Waals surface area (Å²) in [6, 6.07) is 5.95. The van der Waals surface area contributed by atoms with E-state index >= 15 is 0 Å².